The number of benzene rings is 1. The number of likely N-dealkylation sites (tertiary alicyclic amines) is 1. The van der Waals surface area contributed by atoms with Crippen molar-refractivity contribution >= 4 is 6.09 Å². The average molecular weight is 343 g/mol. The summed E-state index contributed by atoms with van der Waals surface area (Å²) in [5.74, 6) is -0.100. The summed E-state index contributed by atoms with van der Waals surface area (Å²) in [6, 6.07) is 8.54. The summed E-state index contributed by atoms with van der Waals surface area (Å²) >= 11 is 0. The van der Waals surface area contributed by atoms with Gasteiger partial charge in [-0.05, 0) is 39.3 Å². The van der Waals surface area contributed by atoms with Gasteiger partial charge in [-0.15, -0.1) is 0 Å². The van der Waals surface area contributed by atoms with Crippen LogP contribution in [0.25, 0.3) is 5.69 Å². The van der Waals surface area contributed by atoms with E-state index in [2.05, 4.69) is 0 Å². The lowest BCUT2D eigenvalue weighted by atomic mass is 10.2. The fourth-order valence-electron chi connectivity index (χ4n) is 3.78. The van der Waals surface area contributed by atoms with Crippen molar-refractivity contribution in [1.82, 2.24) is 14.0 Å². The van der Waals surface area contributed by atoms with Gasteiger partial charge >= 0.3 is 11.8 Å². The summed E-state index contributed by atoms with van der Waals surface area (Å²) in [5, 5.41) is 10.7. The Balaban J connectivity index is 1.74. The highest BCUT2D eigenvalue weighted by molar-refractivity contribution is 5.70. The van der Waals surface area contributed by atoms with Crippen LogP contribution in [0.1, 0.15) is 45.0 Å². The first-order valence-electron chi connectivity index (χ1n) is 8.39. The predicted molar refractivity (Wildman–Crippen MR) is 91.0 cm³/mol. The number of hydrogen-bond donors (Lipinski definition) is 1. The topological polar surface area (TPSA) is 76.7 Å². The molecule has 2 aromatic rings. The van der Waals surface area contributed by atoms with E-state index in [1.165, 1.54) is 4.57 Å². The molecule has 7 heteroatoms. The van der Waals surface area contributed by atoms with Crippen LogP contribution in [-0.4, -0.2) is 37.4 Å². The smallest absolute Gasteiger partial charge is 0.410 e. The van der Waals surface area contributed by atoms with Crippen LogP contribution in [0.4, 0.5) is 4.79 Å². The summed E-state index contributed by atoms with van der Waals surface area (Å²) < 4.78 is 8.38. The molecular formula is C18H21N3O4. The number of para-hydroxylation sites is 1. The number of carbonyl (C=O) groups is 1. The van der Waals surface area contributed by atoms with Crippen molar-refractivity contribution in [3.8, 4) is 11.6 Å². The molecule has 1 N–H and O–H groups in total. The lowest BCUT2D eigenvalue weighted by molar-refractivity contribution is 0.0198. The van der Waals surface area contributed by atoms with Crippen molar-refractivity contribution in [1.29, 1.82) is 0 Å². The number of ether oxygens (including phenoxy) is 1. The lowest BCUT2D eigenvalue weighted by Crippen LogP contribution is -2.40. The van der Waals surface area contributed by atoms with Gasteiger partial charge in [-0.1, -0.05) is 18.2 Å². The maximum Gasteiger partial charge on any atom is 0.410 e. The summed E-state index contributed by atoms with van der Waals surface area (Å²) in [4.78, 5) is 26.9. The molecule has 132 valence electrons. The van der Waals surface area contributed by atoms with Crippen molar-refractivity contribution in [2.24, 2.45) is 0 Å². The first-order chi connectivity index (χ1) is 11.8. The van der Waals surface area contributed by atoms with Crippen LogP contribution in [0.15, 0.2) is 35.1 Å². The third kappa shape index (κ3) is 2.33. The Morgan fingerprint density at radius 1 is 1.24 bits per heavy atom. The minimum Gasteiger partial charge on any atom is -0.493 e. The number of nitrogens with zero attached hydrogens (tertiary/aromatic N) is 3. The van der Waals surface area contributed by atoms with E-state index < -0.39 is 11.7 Å². The van der Waals surface area contributed by atoms with Crippen LogP contribution in [0.2, 0.25) is 0 Å². The van der Waals surface area contributed by atoms with Gasteiger partial charge in [0.05, 0.1) is 17.8 Å². The first kappa shape index (κ1) is 15.8. The quantitative estimate of drug-likeness (QED) is 0.863. The van der Waals surface area contributed by atoms with Crippen LogP contribution < -0.4 is 5.69 Å². The number of amides is 1. The number of hydrogen-bond acceptors (Lipinski definition) is 4. The van der Waals surface area contributed by atoms with Gasteiger partial charge in [0.2, 0.25) is 5.88 Å². The Bertz CT molecular complexity index is 892. The Morgan fingerprint density at radius 2 is 1.92 bits per heavy atom. The zero-order valence-corrected chi connectivity index (χ0v) is 14.5. The normalized spacial score (nSPS) is 21.5. The highest BCUT2D eigenvalue weighted by Crippen LogP contribution is 2.48. The molecular weight excluding hydrogens is 322 g/mol. The highest BCUT2D eigenvalue weighted by atomic mass is 16.6. The molecule has 0 aliphatic carbocycles. The Hall–Kier alpha value is -2.70. The van der Waals surface area contributed by atoms with Crippen LogP contribution in [0.3, 0.4) is 0 Å². The molecule has 7 nitrogen and oxygen atoms in total. The molecule has 0 saturated carbocycles. The highest BCUT2D eigenvalue weighted by Gasteiger charge is 2.50. The second-order valence-electron chi connectivity index (χ2n) is 7.57. The van der Waals surface area contributed by atoms with Crippen molar-refractivity contribution in [2.45, 2.75) is 44.9 Å². The van der Waals surface area contributed by atoms with Gasteiger partial charge in [0.25, 0.3) is 0 Å². The van der Waals surface area contributed by atoms with Gasteiger partial charge in [-0.3, -0.25) is 9.47 Å². The molecule has 25 heavy (non-hydrogen) atoms. The number of imidazole rings is 1. The van der Waals surface area contributed by atoms with Crippen molar-refractivity contribution in [3.63, 3.8) is 0 Å². The van der Waals surface area contributed by atoms with Gasteiger partial charge in [0, 0.05) is 6.54 Å². The Labute approximate surface area is 145 Å². The van der Waals surface area contributed by atoms with E-state index in [9.17, 15) is 14.7 Å². The summed E-state index contributed by atoms with van der Waals surface area (Å²) in [7, 11) is 0. The first-order valence-corrected chi connectivity index (χ1v) is 8.39. The van der Waals surface area contributed by atoms with Gasteiger partial charge in [0.15, 0.2) is 0 Å². The second kappa shape index (κ2) is 5.15. The molecule has 0 radical (unpaired) electrons. The summed E-state index contributed by atoms with van der Waals surface area (Å²) in [5.41, 5.74) is 0.248. The van der Waals surface area contributed by atoms with Crippen molar-refractivity contribution < 1.29 is 14.6 Å². The van der Waals surface area contributed by atoms with Gasteiger partial charge in [0.1, 0.15) is 11.3 Å². The molecule has 2 bridgehead atoms. The van der Waals surface area contributed by atoms with Crippen LogP contribution >= 0.6 is 0 Å². The maximum absolute atomic E-state index is 12.8. The lowest BCUT2D eigenvalue weighted by Gasteiger charge is -2.30. The Kier molecular flexibility index (Phi) is 3.25. The van der Waals surface area contributed by atoms with Crippen molar-refractivity contribution in [3.05, 3.63) is 46.5 Å². The van der Waals surface area contributed by atoms with Gasteiger partial charge in [-0.25, -0.2) is 14.2 Å². The molecule has 2 aliphatic rings. The molecule has 1 unspecified atom stereocenters. The van der Waals surface area contributed by atoms with Gasteiger partial charge < -0.3 is 9.84 Å². The van der Waals surface area contributed by atoms with Gasteiger partial charge in [-0.2, -0.15) is 0 Å². The fraction of sp³-hybridized carbons (Fsp3) is 0.444. The molecule has 1 saturated heterocycles. The third-order valence-electron chi connectivity index (χ3n) is 4.70. The second-order valence-corrected chi connectivity index (χ2v) is 7.57. The van der Waals surface area contributed by atoms with Crippen LogP contribution in [0.5, 0.6) is 5.88 Å². The fourth-order valence-corrected chi connectivity index (χ4v) is 3.78. The average Bonchev–Trinajstić information content (AvgIpc) is 3.18. The van der Waals surface area contributed by atoms with E-state index in [-0.39, 0.29) is 23.7 Å². The molecule has 4 rings (SSSR count). The summed E-state index contributed by atoms with van der Waals surface area (Å²) in [6.07, 6.45) is 0.220. The zero-order chi connectivity index (χ0) is 17.9. The predicted octanol–water partition coefficient (Wildman–Crippen LogP) is 2.58. The zero-order valence-electron chi connectivity index (χ0n) is 14.5. The monoisotopic (exact) mass is 343 g/mol. The number of aromatic nitrogens is 2. The molecule has 1 aromatic heterocycles. The molecule has 2 aliphatic heterocycles. The maximum atomic E-state index is 12.8. The van der Waals surface area contributed by atoms with E-state index in [1.807, 2.05) is 39.0 Å². The molecule has 1 aromatic carbocycles. The van der Waals surface area contributed by atoms with Crippen molar-refractivity contribution in [2.75, 3.05) is 6.54 Å². The minimum absolute atomic E-state index is 0.100. The molecule has 2 atom stereocenters. The van der Waals surface area contributed by atoms with E-state index in [0.29, 0.717) is 24.3 Å². The molecule has 1 fully saturated rings. The Morgan fingerprint density at radius 3 is 2.56 bits per heavy atom. The standard InChI is InChI=1S/C18H21N3O4/c1-18(2,3)25-17(24)19-10-12-9-13(19)14-15(22)21(16(23)20(12)14)11-7-5-4-6-8-11/h4-8,12-13,22H,9-10H2,1-3H3/t12?,13-/m1/s1. The molecule has 1 amide bonds. The number of fused-ring (bicyclic) bond motifs is 5. The number of aromatic hydroxyl groups is 1. The van der Waals surface area contributed by atoms with Crippen LogP contribution in [0, 0.1) is 0 Å². The van der Waals surface area contributed by atoms with E-state index in [0.717, 1.165) is 0 Å². The molecule has 0 spiro atoms. The molecule has 3 heterocycles. The summed E-state index contributed by atoms with van der Waals surface area (Å²) in [6.45, 7) is 5.88. The van der Waals surface area contributed by atoms with E-state index in [4.69, 9.17) is 4.74 Å². The van der Waals surface area contributed by atoms with Crippen LogP contribution in [-0.2, 0) is 4.74 Å². The van der Waals surface area contributed by atoms with E-state index >= 15 is 0 Å². The van der Waals surface area contributed by atoms with E-state index in [1.54, 1.807) is 21.6 Å². The largest absolute Gasteiger partial charge is 0.493 e. The third-order valence-corrected chi connectivity index (χ3v) is 4.70. The minimum atomic E-state index is -0.587. The number of carbonyl (C=O) groups excluding carboxylic acids is 1. The SMILES string of the molecule is CC(C)(C)OC(=O)N1CC2C[C@@H]1c1c(O)n(-c3ccccc3)c(=O)n12. The number of rotatable bonds is 1.